The van der Waals surface area contributed by atoms with Crippen LogP contribution in [0.25, 0.3) is 0 Å². The molecule has 1 aromatic carbocycles. The third-order valence-electron chi connectivity index (χ3n) is 4.67. The Morgan fingerprint density at radius 2 is 1.35 bits per heavy atom. The SMILES string of the molecule is CC/N=C(/NC(=O)OC(C)(C)C)Nc1ccc(N(C)C(C)=O)c(CN(C(=O)OC(C)(C)C)C(=O)OC(C)(C)C)c1. The number of nitrogens with zero attached hydrogens (tertiary/aromatic N) is 3. The van der Waals surface area contributed by atoms with Gasteiger partial charge in [-0.2, -0.15) is 0 Å². The van der Waals surface area contributed by atoms with Gasteiger partial charge in [-0.15, -0.1) is 0 Å². The minimum atomic E-state index is -0.906. The molecule has 0 unspecified atom stereocenters. The minimum absolute atomic E-state index is 0.131. The van der Waals surface area contributed by atoms with E-state index >= 15 is 0 Å². The highest BCUT2D eigenvalue weighted by Gasteiger charge is 2.32. The van der Waals surface area contributed by atoms with Crippen molar-refractivity contribution in [1.82, 2.24) is 10.2 Å². The molecule has 2 N–H and O–H groups in total. The van der Waals surface area contributed by atoms with Gasteiger partial charge in [-0.3, -0.25) is 15.1 Å². The zero-order chi connectivity index (χ0) is 31.1. The molecule has 1 aromatic rings. The molecule has 0 bridgehead atoms. The van der Waals surface area contributed by atoms with Crippen LogP contribution in [-0.4, -0.2) is 65.4 Å². The molecule has 0 fully saturated rings. The first-order valence-corrected chi connectivity index (χ1v) is 13.0. The number of carbonyl (C=O) groups is 4. The molecule has 0 heterocycles. The Bertz CT molecular complexity index is 1080. The van der Waals surface area contributed by atoms with Crippen molar-refractivity contribution in [2.24, 2.45) is 4.99 Å². The lowest BCUT2D eigenvalue weighted by Gasteiger charge is -2.30. The molecule has 0 spiro atoms. The van der Waals surface area contributed by atoms with E-state index in [9.17, 15) is 19.2 Å². The Hall–Kier alpha value is -3.83. The third kappa shape index (κ3) is 12.4. The van der Waals surface area contributed by atoms with Crippen molar-refractivity contribution in [2.45, 2.75) is 99.5 Å². The Labute approximate surface area is 237 Å². The molecule has 12 nitrogen and oxygen atoms in total. The number of ether oxygens (including phenoxy) is 3. The van der Waals surface area contributed by atoms with E-state index in [-0.39, 0.29) is 18.4 Å². The number of alkyl carbamates (subject to hydrolysis) is 1. The van der Waals surface area contributed by atoms with E-state index in [0.29, 0.717) is 23.5 Å². The number of hydrogen-bond donors (Lipinski definition) is 2. The molecule has 0 radical (unpaired) electrons. The molecule has 0 saturated carbocycles. The summed E-state index contributed by atoms with van der Waals surface area (Å²) in [6.07, 6.45) is -2.51. The van der Waals surface area contributed by atoms with Gasteiger partial charge in [-0.25, -0.2) is 19.3 Å². The summed E-state index contributed by atoms with van der Waals surface area (Å²) >= 11 is 0. The van der Waals surface area contributed by atoms with Gasteiger partial charge in [-0.05, 0) is 93.0 Å². The van der Waals surface area contributed by atoms with Gasteiger partial charge in [0.15, 0.2) is 0 Å². The number of carbonyl (C=O) groups excluding carboxylic acids is 4. The second-order valence-corrected chi connectivity index (χ2v) is 12.0. The maximum Gasteiger partial charge on any atom is 0.420 e. The van der Waals surface area contributed by atoms with Crippen LogP contribution in [0.15, 0.2) is 23.2 Å². The van der Waals surface area contributed by atoms with Crippen LogP contribution in [0.5, 0.6) is 0 Å². The molecule has 4 amide bonds. The maximum atomic E-state index is 13.1. The minimum Gasteiger partial charge on any atom is -0.444 e. The monoisotopic (exact) mass is 563 g/mol. The van der Waals surface area contributed by atoms with Gasteiger partial charge in [0.05, 0.1) is 6.54 Å². The van der Waals surface area contributed by atoms with Crippen LogP contribution in [-0.2, 0) is 25.5 Å². The number of amides is 4. The largest absolute Gasteiger partial charge is 0.444 e. The zero-order valence-electron chi connectivity index (χ0n) is 25.8. The summed E-state index contributed by atoms with van der Waals surface area (Å²) in [5.74, 6) is -0.130. The molecule has 12 heteroatoms. The molecule has 0 atom stereocenters. The van der Waals surface area contributed by atoms with Gasteiger partial charge in [0.2, 0.25) is 11.9 Å². The topological polar surface area (TPSA) is 139 Å². The van der Waals surface area contributed by atoms with Gasteiger partial charge >= 0.3 is 18.3 Å². The summed E-state index contributed by atoms with van der Waals surface area (Å²) in [4.78, 5) is 57.3. The summed E-state index contributed by atoms with van der Waals surface area (Å²) in [6, 6.07) is 4.96. The summed E-state index contributed by atoms with van der Waals surface area (Å²) in [6.45, 7) is 18.6. The summed E-state index contributed by atoms with van der Waals surface area (Å²) < 4.78 is 16.3. The third-order valence-corrected chi connectivity index (χ3v) is 4.67. The van der Waals surface area contributed by atoms with Crippen molar-refractivity contribution in [3.63, 3.8) is 0 Å². The second-order valence-electron chi connectivity index (χ2n) is 12.0. The molecule has 40 heavy (non-hydrogen) atoms. The quantitative estimate of drug-likeness (QED) is 0.266. The molecule has 0 aromatic heterocycles. The fourth-order valence-electron chi connectivity index (χ4n) is 3.10. The number of hydrogen-bond acceptors (Lipinski definition) is 8. The van der Waals surface area contributed by atoms with Gasteiger partial charge in [0.25, 0.3) is 0 Å². The molecule has 0 aliphatic heterocycles. The van der Waals surface area contributed by atoms with Crippen LogP contribution < -0.4 is 15.5 Å². The van der Waals surface area contributed by atoms with E-state index in [0.717, 1.165) is 4.90 Å². The fourth-order valence-corrected chi connectivity index (χ4v) is 3.10. The van der Waals surface area contributed by atoms with E-state index in [2.05, 4.69) is 15.6 Å². The first-order valence-electron chi connectivity index (χ1n) is 13.0. The van der Waals surface area contributed by atoms with Crippen LogP contribution >= 0.6 is 0 Å². The average molecular weight is 564 g/mol. The first kappa shape index (κ1) is 34.2. The Morgan fingerprint density at radius 1 is 0.850 bits per heavy atom. The number of anilines is 2. The number of imide groups is 1. The standard InChI is InChI=1S/C28H45N5O7/c1-13-29-22(31-23(35)38-26(3,4)5)30-20-14-15-21(32(12)18(2)34)19(16-20)17-33(24(36)39-27(6,7)8)25(37)40-28(9,10)11/h14-16H,13,17H2,1-12H3,(H2,29,30,31,35). The molecular weight excluding hydrogens is 518 g/mol. The van der Waals surface area contributed by atoms with Crippen molar-refractivity contribution in [2.75, 3.05) is 23.8 Å². The smallest absolute Gasteiger partial charge is 0.420 e. The van der Waals surface area contributed by atoms with Crippen molar-refractivity contribution < 1.29 is 33.4 Å². The van der Waals surface area contributed by atoms with Crippen molar-refractivity contribution in [3.8, 4) is 0 Å². The highest BCUT2D eigenvalue weighted by Crippen LogP contribution is 2.27. The van der Waals surface area contributed by atoms with E-state index in [1.165, 1.54) is 11.8 Å². The van der Waals surface area contributed by atoms with Crippen LogP contribution in [0.3, 0.4) is 0 Å². The van der Waals surface area contributed by atoms with Crippen molar-refractivity contribution >= 4 is 41.5 Å². The number of guanidine groups is 1. The fraction of sp³-hybridized carbons (Fsp3) is 0.607. The van der Waals surface area contributed by atoms with Crippen molar-refractivity contribution in [3.05, 3.63) is 23.8 Å². The lowest BCUT2D eigenvalue weighted by atomic mass is 10.1. The van der Waals surface area contributed by atoms with Gasteiger partial charge in [0.1, 0.15) is 16.8 Å². The van der Waals surface area contributed by atoms with E-state index in [4.69, 9.17) is 14.2 Å². The molecule has 0 aliphatic rings. The lowest BCUT2D eigenvalue weighted by Crippen LogP contribution is -2.43. The number of nitrogens with one attached hydrogen (secondary N) is 2. The van der Waals surface area contributed by atoms with E-state index in [1.54, 1.807) is 94.5 Å². The highest BCUT2D eigenvalue weighted by molar-refractivity contribution is 6.02. The van der Waals surface area contributed by atoms with Crippen molar-refractivity contribution in [1.29, 1.82) is 0 Å². The zero-order valence-corrected chi connectivity index (χ0v) is 25.8. The average Bonchev–Trinajstić information content (AvgIpc) is 2.73. The van der Waals surface area contributed by atoms with Crippen LogP contribution in [0.2, 0.25) is 0 Å². The van der Waals surface area contributed by atoms with Crippen LogP contribution in [0, 0.1) is 0 Å². The molecule has 224 valence electrons. The number of aliphatic imine (C=N–C) groups is 1. The molecule has 0 aliphatic carbocycles. The van der Waals surface area contributed by atoms with E-state index in [1.807, 2.05) is 0 Å². The van der Waals surface area contributed by atoms with Crippen LogP contribution in [0.4, 0.5) is 25.8 Å². The summed E-state index contributed by atoms with van der Waals surface area (Å²) in [5, 5.41) is 5.61. The number of rotatable bonds is 5. The van der Waals surface area contributed by atoms with Gasteiger partial charge in [0, 0.05) is 31.9 Å². The summed E-state index contributed by atoms with van der Waals surface area (Å²) in [5.41, 5.74) is -1.12. The first-order chi connectivity index (χ1) is 18.1. The maximum absolute atomic E-state index is 13.1. The molecule has 1 rings (SSSR count). The predicted molar refractivity (Wildman–Crippen MR) is 155 cm³/mol. The number of benzene rings is 1. The van der Waals surface area contributed by atoms with Crippen LogP contribution in [0.1, 0.15) is 81.7 Å². The van der Waals surface area contributed by atoms with Gasteiger partial charge < -0.3 is 24.4 Å². The Morgan fingerprint density at radius 3 is 1.77 bits per heavy atom. The lowest BCUT2D eigenvalue weighted by molar-refractivity contribution is -0.116. The molecule has 0 saturated heterocycles. The normalized spacial score (nSPS) is 12.2. The summed E-state index contributed by atoms with van der Waals surface area (Å²) in [7, 11) is 1.58. The molecular formula is C28H45N5O7. The Kier molecular flexibility index (Phi) is 11.5. The Balaban J connectivity index is 3.52. The second kappa shape index (κ2) is 13.5. The van der Waals surface area contributed by atoms with E-state index < -0.39 is 35.1 Å². The highest BCUT2D eigenvalue weighted by atomic mass is 16.6. The van der Waals surface area contributed by atoms with Gasteiger partial charge in [-0.1, -0.05) is 0 Å². The predicted octanol–water partition coefficient (Wildman–Crippen LogP) is 5.65.